The van der Waals surface area contributed by atoms with Crippen molar-refractivity contribution in [3.63, 3.8) is 0 Å². The van der Waals surface area contributed by atoms with Gasteiger partial charge in [0.25, 0.3) is 0 Å². The lowest BCUT2D eigenvalue weighted by molar-refractivity contribution is 0.419. The van der Waals surface area contributed by atoms with E-state index in [4.69, 9.17) is 0 Å². The molecule has 1 fully saturated rings. The molecule has 1 aliphatic carbocycles. The van der Waals surface area contributed by atoms with Crippen LogP contribution in [-0.2, 0) is 0 Å². The van der Waals surface area contributed by atoms with Crippen LogP contribution in [0.4, 0.5) is 0 Å². The average Bonchev–Trinajstić information content (AvgIpc) is 2.41. The molecule has 0 aliphatic heterocycles. The lowest BCUT2D eigenvalue weighted by Gasteiger charge is -2.26. The van der Waals surface area contributed by atoms with Crippen molar-refractivity contribution >= 4 is 0 Å². The van der Waals surface area contributed by atoms with Crippen LogP contribution in [0.1, 0.15) is 47.9 Å². The summed E-state index contributed by atoms with van der Waals surface area (Å²) >= 11 is 0. The Morgan fingerprint density at radius 2 is 1.89 bits per heavy atom. The topological polar surface area (TPSA) is 24.9 Å². The highest BCUT2D eigenvalue weighted by atomic mass is 14.9. The Bertz CT molecular complexity index is 515. The second-order valence-corrected chi connectivity index (χ2v) is 5.30. The van der Waals surface area contributed by atoms with E-state index in [0.717, 1.165) is 5.92 Å². The van der Waals surface area contributed by atoms with E-state index in [-0.39, 0.29) is 6.04 Å². The molecule has 3 rings (SSSR count). The minimum absolute atomic E-state index is 0.226. The summed E-state index contributed by atoms with van der Waals surface area (Å²) in [4.78, 5) is 4.21. The van der Waals surface area contributed by atoms with E-state index in [1.165, 1.54) is 36.0 Å². The molecular weight excluding hydrogens is 232 g/mol. The monoisotopic (exact) mass is 252 g/mol. The van der Waals surface area contributed by atoms with Gasteiger partial charge in [-0.15, -0.1) is 0 Å². The normalized spacial score (nSPS) is 16.9. The Morgan fingerprint density at radius 1 is 1.11 bits per heavy atom. The summed E-state index contributed by atoms with van der Waals surface area (Å²) in [5, 5.41) is 3.37. The predicted molar refractivity (Wildman–Crippen MR) is 78.2 cm³/mol. The van der Waals surface area contributed by atoms with Crippen LogP contribution in [0, 0.1) is 0 Å². The average molecular weight is 252 g/mol. The third-order valence-electron chi connectivity index (χ3n) is 4.15. The Hall–Kier alpha value is -1.67. The molecular formula is C17H20N2. The Labute approximate surface area is 114 Å². The van der Waals surface area contributed by atoms with E-state index in [0.29, 0.717) is 0 Å². The van der Waals surface area contributed by atoms with E-state index in [2.05, 4.69) is 40.6 Å². The molecule has 1 aromatic heterocycles. The smallest absolute Gasteiger partial charge is 0.0589 e. The Balaban J connectivity index is 1.83. The molecule has 1 aromatic carbocycles. The van der Waals surface area contributed by atoms with Crippen molar-refractivity contribution in [1.82, 2.24) is 10.3 Å². The fraction of sp³-hybridized carbons (Fsp3) is 0.353. The third kappa shape index (κ3) is 2.54. The molecule has 19 heavy (non-hydrogen) atoms. The summed E-state index contributed by atoms with van der Waals surface area (Å²) in [6.07, 6.45) is 7.85. The Morgan fingerprint density at radius 3 is 2.42 bits per heavy atom. The summed E-state index contributed by atoms with van der Waals surface area (Å²) in [6.45, 7) is 0. The van der Waals surface area contributed by atoms with Gasteiger partial charge >= 0.3 is 0 Å². The van der Waals surface area contributed by atoms with E-state index < -0.39 is 0 Å². The molecule has 2 nitrogen and oxygen atoms in total. The van der Waals surface area contributed by atoms with Crippen LogP contribution in [0.25, 0.3) is 0 Å². The zero-order valence-corrected chi connectivity index (χ0v) is 11.3. The van der Waals surface area contributed by atoms with Crippen LogP contribution in [0.2, 0.25) is 0 Å². The second kappa shape index (κ2) is 5.54. The van der Waals surface area contributed by atoms with Crippen molar-refractivity contribution in [1.29, 1.82) is 0 Å². The first kappa shape index (κ1) is 12.4. The van der Waals surface area contributed by atoms with Gasteiger partial charge < -0.3 is 5.32 Å². The van der Waals surface area contributed by atoms with Gasteiger partial charge in [0, 0.05) is 12.4 Å². The molecule has 1 heterocycles. The van der Waals surface area contributed by atoms with Crippen LogP contribution in [0.5, 0.6) is 0 Å². The first-order valence-electron chi connectivity index (χ1n) is 7.05. The van der Waals surface area contributed by atoms with Crippen LogP contribution in [0.15, 0.2) is 48.8 Å². The molecule has 2 aromatic rings. The summed E-state index contributed by atoms with van der Waals surface area (Å²) in [7, 11) is 2.00. The number of nitrogens with one attached hydrogen (secondary N) is 1. The number of rotatable bonds is 4. The number of pyridine rings is 1. The zero-order chi connectivity index (χ0) is 13.1. The zero-order valence-electron chi connectivity index (χ0n) is 11.3. The first-order chi connectivity index (χ1) is 9.38. The van der Waals surface area contributed by atoms with Crippen LogP contribution in [0.3, 0.4) is 0 Å². The standard InChI is InChI=1S/C17H20N2/c1-18-17(16-6-3-11-19-12-16)15-9-7-14(8-10-15)13-4-2-5-13/h3,6-13,17-18H,2,4-5H2,1H3. The molecule has 1 N–H and O–H groups in total. The maximum atomic E-state index is 4.21. The minimum Gasteiger partial charge on any atom is -0.309 e. The third-order valence-corrected chi connectivity index (χ3v) is 4.15. The van der Waals surface area contributed by atoms with Crippen molar-refractivity contribution in [3.8, 4) is 0 Å². The Kier molecular flexibility index (Phi) is 3.60. The maximum absolute atomic E-state index is 4.21. The summed E-state index contributed by atoms with van der Waals surface area (Å²) < 4.78 is 0. The van der Waals surface area contributed by atoms with E-state index in [9.17, 15) is 0 Å². The van der Waals surface area contributed by atoms with E-state index >= 15 is 0 Å². The van der Waals surface area contributed by atoms with Crippen molar-refractivity contribution in [3.05, 3.63) is 65.5 Å². The molecule has 1 aliphatic rings. The highest BCUT2D eigenvalue weighted by Gasteiger charge is 2.19. The van der Waals surface area contributed by atoms with Crippen molar-refractivity contribution in [2.45, 2.75) is 31.2 Å². The van der Waals surface area contributed by atoms with Crippen molar-refractivity contribution in [2.24, 2.45) is 0 Å². The fourth-order valence-corrected chi connectivity index (χ4v) is 2.77. The second-order valence-electron chi connectivity index (χ2n) is 5.30. The number of hydrogen-bond acceptors (Lipinski definition) is 2. The van der Waals surface area contributed by atoms with Gasteiger partial charge in [-0.3, -0.25) is 4.98 Å². The van der Waals surface area contributed by atoms with Gasteiger partial charge in [0.05, 0.1) is 6.04 Å². The minimum atomic E-state index is 0.226. The number of nitrogens with zero attached hydrogens (tertiary/aromatic N) is 1. The molecule has 1 saturated carbocycles. The van der Waals surface area contributed by atoms with Gasteiger partial charge in [0.2, 0.25) is 0 Å². The molecule has 0 spiro atoms. The van der Waals surface area contributed by atoms with Crippen molar-refractivity contribution < 1.29 is 0 Å². The lowest BCUT2D eigenvalue weighted by Crippen LogP contribution is -2.18. The number of hydrogen-bond donors (Lipinski definition) is 1. The predicted octanol–water partition coefficient (Wildman–Crippen LogP) is 3.66. The molecule has 1 unspecified atom stereocenters. The highest BCUT2D eigenvalue weighted by Crippen LogP contribution is 2.36. The summed E-state index contributed by atoms with van der Waals surface area (Å²) in [5.41, 5.74) is 4.01. The van der Waals surface area contributed by atoms with Crippen LogP contribution >= 0.6 is 0 Å². The maximum Gasteiger partial charge on any atom is 0.0589 e. The molecule has 0 radical (unpaired) electrons. The molecule has 1 atom stereocenters. The molecule has 0 saturated heterocycles. The van der Waals surface area contributed by atoms with E-state index in [1.54, 1.807) is 0 Å². The molecule has 98 valence electrons. The molecule has 2 heteroatoms. The number of benzene rings is 1. The van der Waals surface area contributed by atoms with Gasteiger partial charge in [0.15, 0.2) is 0 Å². The van der Waals surface area contributed by atoms with Crippen molar-refractivity contribution in [2.75, 3.05) is 7.05 Å². The summed E-state index contributed by atoms with van der Waals surface area (Å²) in [6, 6.07) is 13.4. The van der Waals surface area contributed by atoms with Gasteiger partial charge in [-0.2, -0.15) is 0 Å². The van der Waals surface area contributed by atoms with Gasteiger partial charge in [-0.05, 0) is 48.6 Å². The molecule has 0 bridgehead atoms. The largest absolute Gasteiger partial charge is 0.309 e. The quantitative estimate of drug-likeness (QED) is 0.898. The fourth-order valence-electron chi connectivity index (χ4n) is 2.77. The SMILES string of the molecule is CNC(c1ccc(C2CCC2)cc1)c1cccnc1. The van der Waals surface area contributed by atoms with Gasteiger partial charge in [-0.25, -0.2) is 0 Å². The van der Waals surface area contributed by atoms with Crippen LogP contribution in [-0.4, -0.2) is 12.0 Å². The number of aromatic nitrogens is 1. The lowest BCUT2D eigenvalue weighted by atomic mass is 9.79. The first-order valence-corrected chi connectivity index (χ1v) is 7.05. The van der Waals surface area contributed by atoms with Crippen LogP contribution < -0.4 is 5.32 Å². The van der Waals surface area contributed by atoms with Gasteiger partial charge in [-0.1, -0.05) is 36.8 Å². The summed E-state index contributed by atoms with van der Waals surface area (Å²) in [5.74, 6) is 0.806. The van der Waals surface area contributed by atoms with E-state index in [1.807, 2.05) is 25.5 Å². The van der Waals surface area contributed by atoms with Gasteiger partial charge in [0.1, 0.15) is 0 Å². The highest BCUT2D eigenvalue weighted by molar-refractivity contribution is 5.33. The molecule has 0 amide bonds.